The van der Waals surface area contributed by atoms with Gasteiger partial charge < -0.3 is 60.3 Å². The first-order valence-corrected chi connectivity index (χ1v) is 3.10. The Morgan fingerprint density at radius 2 is 0.294 bits per heavy atom. The van der Waals surface area contributed by atoms with Crippen LogP contribution in [0.2, 0.25) is 0 Å². The minimum Gasteiger partial charge on any atom is -0.402 e. The van der Waals surface area contributed by atoms with Gasteiger partial charge in [0.25, 0.3) is 0 Å². The molecule has 0 rings (SSSR count). The van der Waals surface area contributed by atoms with Gasteiger partial charge in [0.15, 0.2) is 0 Å². The third kappa shape index (κ3) is 4790. The Hall–Kier alpha value is 0.884. The molecular formula is H12B4O12Y. The van der Waals surface area contributed by atoms with Crippen LogP contribution in [0.5, 0.6) is 0 Å². The summed E-state index contributed by atoms with van der Waals surface area (Å²) in [7, 11) is -8.67. The van der Waals surface area contributed by atoms with Gasteiger partial charge in [-0.15, -0.1) is 0 Å². The summed E-state index contributed by atoms with van der Waals surface area (Å²) >= 11 is 0. The van der Waals surface area contributed by atoms with Crippen molar-refractivity contribution in [3.63, 3.8) is 0 Å². The second-order valence-corrected chi connectivity index (χ2v) is 1.39. The van der Waals surface area contributed by atoms with Gasteiger partial charge in [-0.25, -0.2) is 0 Å². The molecule has 0 saturated carbocycles. The molecule has 0 aromatic carbocycles. The summed E-state index contributed by atoms with van der Waals surface area (Å²) in [4.78, 5) is 0. The number of hydrogen-bond acceptors (Lipinski definition) is 12. The van der Waals surface area contributed by atoms with Gasteiger partial charge in [-0.3, -0.25) is 0 Å². The molecule has 0 bridgehead atoms. The maximum absolute atomic E-state index is 7.17. The van der Waals surface area contributed by atoms with E-state index >= 15 is 0 Å². The van der Waals surface area contributed by atoms with E-state index in [9.17, 15) is 0 Å². The van der Waals surface area contributed by atoms with Crippen LogP contribution >= 0.6 is 0 Å². The molecule has 0 unspecified atom stereocenters. The maximum Gasteiger partial charge on any atom is 0.631 e. The molecule has 12 nitrogen and oxygen atoms in total. The summed E-state index contributed by atoms with van der Waals surface area (Å²) in [5.41, 5.74) is 0. The quantitative estimate of drug-likeness (QED) is 0.184. The van der Waals surface area contributed by atoms with Crippen LogP contribution in [0.4, 0.5) is 0 Å². The van der Waals surface area contributed by atoms with Gasteiger partial charge in [0, 0.05) is 32.7 Å². The molecule has 0 heterocycles. The normalized spacial score (nSPS) is 6.35. The summed E-state index contributed by atoms with van der Waals surface area (Å²) in [6, 6.07) is 0. The van der Waals surface area contributed by atoms with Gasteiger partial charge in [0.2, 0.25) is 0 Å². The Morgan fingerprint density at radius 1 is 0.294 bits per heavy atom. The van der Waals surface area contributed by atoms with Crippen molar-refractivity contribution in [1.82, 2.24) is 0 Å². The van der Waals surface area contributed by atoms with Crippen LogP contribution in [0.25, 0.3) is 0 Å². The minimum atomic E-state index is -2.17. The molecule has 0 atom stereocenters. The van der Waals surface area contributed by atoms with Crippen molar-refractivity contribution in [1.29, 1.82) is 0 Å². The van der Waals surface area contributed by atoms with Crippen molar-refractivity contribution >= 4 is 29.3 Å². The molecule has 0 spiro atoms. The van der Waals surface area contributed by atoms with Crippen LogP contribution in [0.1, 0.15) is 0 Å². The fourth-order valence-corrected chi connectivity index (χ4v) is 0. The monoisotopic (exact) mass is 337 g/mol. The molecule has 0 aliphatic rings. The molecule has 0 fully saturated rings. The third-order valence-corrected chi connectivity index (χ3v) is 0. The summed E-state index contributed by atoms with van der Waals surface area (Å²) in [6.07, 6.45) is 0. The molecule has 17 heavy (non-hydrogen) atoms. The van der Waals surface area contributed by atoms with E-state index in [0.717, 1.165) is 0 Å². The maximum atomic E-state index is 7.17. The first kappa shape index (κ1) is 30.7. The zero-order valence-corrected chi connectivity index (χ0v) is 11.1. The predicted molar refractivity (Wildman–Crippen MR) is 49.6 cm³/mol. The van der Waals surface area contributed by atoms with Crippen molar-refractivity contribution in [3.05, 3.63) is 0 Å². The van der Waals surface area contributed by atoms with Crippen LogP contribution in [-0.2, 0) is 32.7 Å². The van der Waals surface area contributed by atoms with Crippen molar-refractivity contribution in [3.8, 4) is 0 Å². The largest absolute Gasteiger partial charge is 0.631 e. The van der Waals surface area contributed by atoms with Crippen LogP contribution in [0, 0.1) is 0 Å². The van der Waals surface area contributed by atoms with Gasteiger partial charge in [-0.05, 0) is 0 Å². The molecule has 0 aromatic rings. The fourth-order valence-electron chi connectivity index (χ4n) is 0. The first-order chi connectivity index (χ1) is 6.93. The Balaban J connectivity index is -0.0000000369. The molecule has 0 aliphatic carbocycles. The molecule has 1 radical (unpaired) electrons. The van der Waals surface area contributed by atoms with Crippen LogP contribution < -0.4 is 0 Å². The van der Waals surface area contributed by atoms with Crippen LogP contribution in [0.15, 0.2) is 0 Å². The van der Waals surface area contributed by atoms with E-state index in [0.29, 0.717) is 0 Å². The van der Waals surface area contributed by atoms with E-state index in [1.165, 1.54) is 0 Å². The summed E-state index contributed by atoms with van der Waals surface area (Å²) in [6.45, 7) is 0. The second-order valence-electron chi connectivity index (χ2n) is 1.39. The standard InChI is InChI=1S/4BH3O3.Y/c4*2-1(3)4;/h4*2-4H;. The van der Waals surface area contributed by atoms with E-state index in [1.54, 1.807) is 0 Å². The summed E-state index contributed by atoms with van der Waals surface area (Å²) < 4.78 is 0. The Kier molecular flexibility index (Phi) is 46.4. The van der Waals surface area contributed by atoms with E-state index < -0.39 is 29.3 Å². The molecule has 17 heteroatoms. The SMILES string of the molecule is OB(O)O.OB(O)O.OB(O)O.OB(O)O.[Y]. The van der Waals surface area contributed by atoms with Crippen molar-refractivity contribution in [2.45, 2.75) is 0 Å². The minimum absolute atomic E-state index is 0. The third-order valence-electron chi connectivity index (χ3n) is 0. The predicted octanol–water partition coefficient (Wildman–Crippen LogP) is -8.21. The summed E-state index contributed by atoms with van der Waals surface area (Å²) in [5, 5.41) is 86.0. The molecule has 0 aliphatic heterocycles. The zero-order chi connectivity index (χ0) is 14.3. The van der Waals surface area contributed by atoms with E-state index in [2.05, 4.69) is 0 Å². The number of hydrogen-bond donors (Lipinski definition) is 12. The van der Waals surface area contributed by atoms with Crippen molar-refractivity contribution in [2.75, 3.05) is 0 Å². The zero-order valence-electron chi connectivity index (χ0n) is 8.25. The van der Waals surface area contributed by atoms with Crippen LogP contribution in [-0.4, -0.2) is 89.6 Å². The first-order valence-electron chi connectivity index (χ1n) is 3.10. The Bertz CT molecular complexity index is 61.5. The van der Waals surface area contributed by atoms with Crippen molar-refractivity contribution in [2.24, 2.45) is 0 Å². The van der Waals surface area contributed by atoms with Crippen molar-refractivity contribution < 1.29 is 93.0 Å². The molecular weight excluding hydrogens is 324 g/mol. The van der Waals surface area contributed by atoms with Gasteiger partial charge >= 0.3 is 29.3 Å². The fraction of sp³-hybridized carbons (Fsp3) is 0. The topological polar surface area (TPSA) is 243 Å². The van der Waals surface area contributed by atoms with Gasteiger partial charge in [-0.2, -0.15) is 0 Å². The molecule has 0 aromatic heterocycles. The van der Waals surface area contributed by atoms with Gasteiger partial charge in [0.1, 0.15) is 0 Å². The summed E-state index contributed by atoms with van der Waals surface area (Å²) in [5.74, 6) is 0. The van der Waals surface area contributed by atoms with E-state index in [1.807, 2.05) is 0 Å². The smallest absolute Gasteiger partial charge is 0.402 e. The van der Waals surface area contributed by atoms with Gasteiger partial charge in [-0.1, -0.05) is 0 Å². The molecule has 0 saturated heterocycles. The van der Waals surface area contributed by atoms with Crippen LogP contribution in [0.3, 0.4) is 0 Å². The molecule has 99 valence electrons. The van der Waals surface area contributed by atoms with E-state index in [-0.39, 0.29) is 32.7 Å². The molecule has 12 N–H and O–H groups in total. The van der Waals surface area contributed by atoms with Gasteiger partial charge in [0.05, 0.1) is 0 Å². The molecule has 0 amide bonds. The Labute approximate surface area is 122 Å². The average molecular weight is 336 g/mol. The Morgan fingerprint density at radius 3 is 0.294 bits per heavy atom. The number of rotatable bonds is 0. The average Bonchev–Trinajstić information content (AvgIpc) is 1.76. The second kappa shape index (κ2) is 25.7. The van der Waals surface area contributed by atoms with E-state index in [4.69, 9.17) is 60.3 Å².